The number of carbonyl (C=O) groups excluding carboxylic acids is 1. The zero-order valence-corrected chi connectivity index (χ0v) is 13.6. The molecule has 2 heterocycles. The first-order valence-corrected chi connectivity index (χ1v) is 7.97. The Hall–Kier alpha value is -2.51. The zero-order valence-electron chi connectivity index (χ0n) is 13.6. The van der Waals surface area contributed by atoms with E-state index in [0.29, 0.717) is 11.8 Å². The number of primary amides is 1. The van der Waals surface area contributed by atoms with Crippen LogP contribution in [-0.2, 0) is 11.0 Å². The van der Waals surface area contributed by atoms with Crippen molar-refractivity contribution in [3.63, 3.8) is 0 Å². The van der Waals surface area contributed by atoms with Crippen LogP contribution in [0.4, 0.5) is 18.9 Å². The Morgan fingerprint density at radius 3 is 2.68 bits per heavy atom. The van der Waals surface area contributed by atoms with Gasteiger partial charge in [-0.05, 0) is 38.0 Å². The summed E-state index contributed by atoms with van der Waals surface area (Å²) in [7, 11) is 0. The number of benzene rings is 1. The third-order valence-corrected chi connectivity index (χ3v) is 4.65. The van der Waals surface area contributed by atoms with Gasteiger partial charge in [-0.1, -0.05) is 0 Å². The summed E-state index contributed by atoms with van der Waals surface area (Å²) in [5.74, 6) is -0.440. The first kappa shape index (κ1) is 17.3. The molecular formula is C17H18F3N3O2. The lowest BCUT2D eigenvalue weighted by atomic mass is 10.1. The Balaban J connectivity index is 2.13. The SMILES string of the molecule is C[C@@H]1CC[C@H](CC(N)=O)N1c1ccc2[nH]c(=O)cc(C(F)(F)F)c2c1. The second-order valence-electron chi connectivity index (χ2n) is 6.43. The molecule has 3 N–H and O–H groups in total. The number of amides is 1. The van der Waals surface area contributed by atoms with Crippen LogP contribution in [0.15, 0.2) is 29.1 Å². The molecule has 3 rings (SSSR count). The van der Waals surface area contributed by atoms with Crippen molar-refractivity contribution in [1.82, 2.24) is 4.98 Å². The Kier molecular flexibility index (Phi) is 4.22. The number of hydrogen-bond donors (Lipinski definition) is 2. The monoisotopic (exact) mass is 353 g/mol. The second-order valence-corrected chi connectivity index (χ2v) is 6.43. The summed E-state index contributed by atoms with van der Waals surface area (Å²) in [6.45, 7) is 1.96. The molecule has 0 saturated carbocycles. The van der Waals surface area contributed by atoms with E-state index in [1.807, 2.05) is 11.8 Å². The second kappa shape index (κ2) is 6.09. The van der Waals surface area contributed by atoms with E-state index >= 15 is 0 Å². The van der Waals surface area contributed by atoms with Crippen molar-refractivity contribution in [2.24, 2.45) is 5.73 Å². The molecule has 1 saturated heterocycles. The summed E-state index contributed by atoms with van der Waals surface area (Å²) in [6, 6.07) is 5.06. The van der Waals surface area contributed by atoms with Crippen molar-refractivity contribution in [3.8, 4) is 0 Å². The number of hydrogen-bond acceptors (Lipinski definition) is 3. The van der Waals surface area contributed by atoms with Gasteiger partial charge in [-0.25, -0.2) is 0 Å². The third kappa shape index (κ3) is 3.33. The van der Waals surface area contributed by atoms with Crippen LogP contribution in [0, 0.1) is 0 Å². The van der Waals surface area contributed by atoms with Gasteiger partial charge in [0.15, 0.2) is 0 Å². The van der Waals surface area contributed by atoms with Gasteiger partial charge in [-0.3, -0.25) is 9.59 Å². The third-order valence-electron chi connectivity index (χ3n) is 4.65. The molecule has 0 aliphatic carbocycles. The van der Waals surface area contributed by atoms with E-state index in [9.17, 15) is 22.8 Å². The fourth-order valence-corrected chi connectivity index (χ4v) is 3.61. The highest BCUT2D eigenvalue weighted by Crippen LogP contribution is 2.37. The van der Waals surface area contributed by atoms with Crippen LogP contribution in [0.1, 0.15) is 31.7 Å². The fraction of sp³-hybridized carbons (Fsp3) is 0.412. The molecular weight excluding hydrogens is 335 g/mol. The molecule has 0 unspecified atom stereocenters. The maximum Gasteiger partial charge on any atom is 0.417 e. The van der Waals surface area contributed by atoms with Crippen LogP contribution in [0.3, 0.4) is 0 Å². The number of H-pyrrole nitrogens is 1. The normalized spacial score (nSPS) is 21.0. The van der Waals surface area contributed by atoms with Crippen LogP contribution in [0.2, 0.25) is 0 Å². The molecule has 5 nitrogen and oxygen atoms in total. The minimum absolute atomic E-state index is 0.0680. The smallest absolute Gasteiger partial charge is 0.370 e. The van der Waals surface area contributed by atoms with Crippen LogP contribution >= 0.6 is 0 Å². The minimum atomic E-state index is -4.63. The number of carbonyl (C=O) groups is 1. The molecule has 2 atom stereocenters. The summed E-state index contributed by atoms with van der Waals surface area (Å²) >= 11 is 0. The highest BCUT2D eigenvalue weighted by Gasteiger charge is 2.35. The Morgan fingerprint density at radius 2 is 2.04 bits per heavy atom. The van der Waals surface area contributed by atoms with Gasteiger partial charge in [0.1, 0.15) is 0 Å². The molecule has 8 heteroatoms. The van der Waals surface area contributed by atoms with E-state index in [1.165, 1.54) is 12.1 Å². The number of nitrogens with zero attached hydrogens (tertiary/aromatic N) is 1. The molecule has 1 aromatic heterocycles. The lowest BCUT2D eigenvalue weighted by Gasteiger charge is -2.30. The van der Waals surface area contributed by atoms with E-state index in [-0.39, 0.29) is 29.4 Å². The van der Waals surface area contributed by atoms with Gasteiger partial charge in [0.05, 0.1) is 5.56 Å². The molecule has 0 spiro atoms. The minimum Gasteiger partial charge on any atom is -0.370 e. The first-order chi connectivity index (χ1) is 11.7. The number of halogens is 3. The number of fused-ring (bicyclic) bond motifs is 1. The predicted octanol–water partition coefficient (Wildman–Crippen LogP) is 2.78. The van der Waals surface area contributed by atoms with Gasteiger partial charge in [0, 0.05) is 41.2 Å². The van der Waals surface area contributed by atoms with Gasteiger partial charge in [0.25, 0.3) is 0 Å². The maximum atomic E-state index is 13.3. The molecule has 25 heavy (non-hydrogen) atoms. The number of alkyl halides is 3. The van der Waals surface area contributed by atoms with Crippen LogP contribution < -0.4 is 16.2 Å². The zero-order chi connectivity index (χ0) is 18.4. The highest BCUT2D eigenvalue weighted by molar-refractivity contribution is 5.86. The van der Waals surface area contributed by atoms with Gasteiger partial charge in [-0.2, -0.15) is 13.2 Å². The summed E-state index contributed by atoms with van der Waals surface area (Å²) in [5.41, 5.74) is 4.24. The average Bonchev–Trinajstić information content (AvgIpc) is 2.85. The molecule has 1 aliphatic rings. The fourth-order valence-electron chi connectivity index (χ4n) is 3.61. The lowest BCUT2D eigenvalue weighted by molar-refractivity contribution is -0.136. The van der Waals surface area contributed by atoms with Gasteiger partial charge in [-0.15, -0.1) is 0 Å². The van der Waals surface area contributed by atoms with E-state index in [1.54, 1.807) is 6.07 Å². The summed E-state index contributed by atoms with van der Waals surface area (Å²) in [4.78, 5) is 27.1. The number of nitrogens with one attached hydrogen (secondary N) is 1. The summed E-state index contributed by atoms with van der Waals surface area (Å²) < 4.78 is 39.9. The topological polar surface area (TPSA) is 79.2 Å². The van der Waals surface area contributed by atoms with Crippen molar-refractivity contribution in [3.05, 3.63) is 40.2 Å². The predicted molar refractivity (Wildman–Crippen MR) is 88.3 cm³/mol. The van der Waals surface area contributed by atoms with E-state index in [2.05, 4.69) is 4.98 Å². The summed E-state index contributed by atoms with van der Waals surface area (Å²) in [6.07, 6.45) is -2.90. The van der Waals surface area contributed by atoms with Crippen molar-refractivity contribution in [1.29, 1.82) is 0 Å². The first-order valence-electron chi connectivity index (χ1n) is 7.97. The molecule has 1 amide bonds. The van der Waals surface area contributed by atoms with E-state index in [4.69, 9.17) is 5.73 Å². The number of rotatable bonds is 3. The molecule has 1 aliphatic heterocycles. The van der Waals surface area contributed by atoms with Gasteiger partial charge < -0.3 is 15.6 Å². The van der Waals surface area contributed by atoms with Gasteiger partial charge >= 0.3 is 6.18 Å². The number of nitrogens with two attached hydrogens (primary N) is 1. The quantitative estimate of drug-likeness (QED) is 0.891. The van der Waals surface area contributed by atoms with Gasteiger partial charge in [0.2, 0.25) is 11.5 Å². The average molecular weight is 353 g/mol. The van der Waals surface area contributed by atoms with Crippen molar-refractivity contribution in [2.75, 3.05) is 4.90 Å². The molecule has 2 aromatic rings. The molecule has 1 aromatic carbocycles. The number of anilines is 1. The lowest BCUT2D eigenvalue weighted by Crippen LogP contribution is -2.37. The Labute approximate surface area is 141 Å². The number of pyridine rings is 1. The largest absolute Gasteiger partial charge is 0.417 e. The van der Waals surface area contributed by atoms with E-state index in [0.717, 1.165) is 12.8 Å². The maximum absolute atomic E-state index is 13.3. The van der Waals surface area contributed by atoms with Crippen molar-refractivity contribution in [2.45, 2.75) is 44.4 Å². The highest BCUT2D eigenvalue weighted by atomic mass is 19.4. The Bertz CT molecular complexity index is 876. The molecule has 0 bridgehead atoms. The molecule has 1 fully saturated rings. The molecule has 0 radical (unpaired) electrons. The van der Waals surface area contributed by atoms with Crippen LogP contribution in [0.25, 0.3) is 10.9 Å². The van der Waals surface area contributed by atoms with Crippen LogP contribution in [-0.4, -0.2) is 23.0 Å². The summed E-state index contributed by atoms with van der Waals surface area (Å²) in [5, 5.41) is -0.0680. The Morgan fingerprint density at radius 1 is 1.32 bits per heavy atom. The standard InChI is InChI=1S/C17H18F3N3O2/c1-9-2-3-11(7-15(21)24)23(9)10-4-5-14-12(6-10)13(17(18,19)20)8-16(25)22-14/h4-6,8-9,11H,2-3,7H2,1H3,(H2,21,24)(H,22,25)/t9-,11-/m1/s1. The van der Waals surface area contributed by atoms with Crippen molar-refractivity contribution >= 4 is 22.5 Å². The number of aromatic nitrogens is 1. The van der Waals surface area contributed by atoms with Crippen molar-refractivity contribution < 1.29 is 18.0 Å². The molecule has 134 valence electrons. The van der Waals surface area contributed by atoms with Crippen LogP contribution in [0.5, 0.6) is 0 Å². The van der Waals surface area contributed by atoms with E-state index < -0.39 is 23.2 Å². The number of aromatic amines is 1.